The van der Waals surface area contributed by atoms with Crippen LogP contribution in [0, 0.1) is 13.8 Å². The first kappa shape index (κ1) is 17.7. The van der Waals surface area contributed by atoms with Crippen LogP contribution >= 0.6 is 0 Å². The first-order chi connectivity index (χ1) is 12.6. The van der Waals surface area contributed by atoms with Crippen LogP contribution in [-0.2, 0) is 18.5 Å². The van der Waals surface area contributed by atoms with E-state index in [4.69, 9.17) is 9.57 Å². The van der Waals surface area contributed by atoms with Crippen LogP contribution in [0.2, 0.25) is 0 Å². The van der Waals surface area contributed by atoms with Gasteiger partial charge in [-0.1, -0.05) is 41.6 Å². The van der Waals surface area contributed by atoms with Crippen molar-refractivity contribution in [3.8, 4) is 5.75 Å². The average molecular weight is 349 g/mol. The number of aromatic nitrogens is 2. The van der Waals surface area contributed by atoms with Gasteiger partial charge in [0.15, 0.2) is 0 Å². The Hall–Kier alpha value is -3.08. The van der Waals surface area contributed by atoms with E-state index in [1.165, 1.54) is 5.56 Å². The molecular weight excluding hydrogens is 326 g/mol. The molecule has 0 aliphatic carbocycles. The maximum atomic E-state index is 6.10. The summed E-state index contributed by atoms with van der Waals surface area (Å²) in [6.45, 7) is 4.56. The molecule has 2 aromatic carbocycles. The largest absolute Gasteiger partial charge is 0.489 e. The predicted molar refractivity (Wildman–Crippen MR) is 103 cm³/mol. The summed E-state index contributed by atoms with van der Waals surface area (Å²) in [5.41, 5.74) is 5.90. The molecule has 0 atom stereocenters. The number of ether oxygens (including phenoxy) is 1. The Morgan fingerprint density at radius 1 is 1.12 bits per heavy atom. The lowest BCUT2D eigenvalue weighted by atomic mass is 10.0. The Morgan fingerprint density at radius 3 is 2.65 bits per heavy atom. The molecule has 0 spiro atoms. The zero-order valence-corrected chi connectivity index (χ0v) is 15.6. The van der Waals surface area contributed by atoms with Gasteiger partial charge in [-0.2, -0.15) is 5.10 Å². The summed E-state index contributed by atoms with van der Waals surface area (Å²) in [5.74, 6) is 0.894. The van der Waals surface area contributed by atoms with E-state index in [2.05, 4.69) is 35.4 Å². The van der Waals surface area contributed by atoms with Crippen molar-refractivity contribution in [2.75, 3.05) is 7.11 Å². The SMILES string of the molecule is CON=C(c1ccccc1COc1cc(C)ccc1C)c1ccnn1C. The minimum Gasteiger partial charge on any atom is -0.489 e. The number of benzene rings is 2. The van der Waals surface area contributed by atoms with Crippen LogP contribution in [-0.4, -0.2) is 22.6 Å². The van der Waals surface area contributed by atoms with Gasteiger partial charge in [-0.25, -0.2) is 0 Å². The highest BCUT2D eigenvalue weighted by atomic mass is 16.6. The normalized spacial score (nSPS) is 11.5. The molecule has 1 heterocycles. The van der Waals surface area contributed by atoms with Crippen LogP contribution in [0.15, 0.2) is 59.9 Å². The second-order valence-corrected chi connectivity index (χ2v) is 6.18. The fraction of sp³-hybridized carbons (Fsp3) is 0.238. The summed E-state index contributed by atoms with van der Waals surface area (Å²) in [4.78, 5) is 5.10. The minimum atomic E-state index is 0.445. The molecule has 5 nitrogen and oxygen atoms in total. The second-order valence-electron chi connectivity index (χ2n) is 6.18. The Bertz CT molecular complexity index is 929. The van der Waals surface area contributed by atoms with Crippen molar-refractivity contribution >= 4 is 5.71 Å². The molecule has 0 aliphatic rings. The third-order valence-electron chi connectivity index (χ3n) is 4.25. The van der Waals surface area contributed by atoms with Crippen molar-refractivity contribution in [1.29, 1.82) is 0 Å². The Balaban J connectivity index is 1.94. The zero-order chi connectivity index (χ0) is 18.5. The van der Waals surface area contributed by atoms with E-state index in [0.29, 0.717) is 6.61 Å². The third kappa shape index (κ3) is 3.77. The molecule has 0 saturated heterocycles. The molecule has 0 saturated carbocycles. The van der Waals surface area contributed by atoms with Gasteiger partial charge in [-0.15, -0.1) is 0 Å². The van der Waals surface area contributed by atoms with Gasteiger partial charge in [0.05, 0.1) is 5.69 Å². The topological polar surface area (TPSA) is 48.6 Å². The van der Waals surface area contributed by atoms with Crippen LogP contribution in [0.5, 0.6) is 5.75 Å². The summed E-state index contributed by atoms with van der Waals surface area (Å²) in [7, 11) is 3.43. The van der Waals surface area contributed by atoms with Gasteiger partial charge in [0.1, 0.15) is 25.2 Å². The summed E-state index contributed by atoms with van der Waals surface area (Å²) in [6, 6.07) is 16.2. The van der Waals surface area contributed by atoms with Gasteiger partial charge in [0, 0.05) is 18.8 Å². The smallest absolute Gasteiger partial charge is 0.135 e. The number of hydrogen-bond donors (Lipinski definition) is 0. The average Bonchev–Trinajstić information content (AvgIpc) is 3.06. The lowest BCUT2D eigenvalue weighted by Crippen LogP contribution is -2.13. The van der Waals surface area contributed by atoms with Gasteiger partial charge in [0.2, 0.25) is 0 Å². The van der Waals surface area contributed by atoms with Gasteiger partial charge in [-0.05, 0) is 42.7 Å². The Kier molecular flexibility index (Phi) is 5.37. The van der Waals surface area contributed by atoms with E-state index in [-0.39, 0.29) is 0 Å². The standard InChI is InChI=1S/C21H23N3O2/c1-15-9-10-16(2)20(13-15)26-14-17-7-5-6-8-18(17)21(23-25-4)19-11-12-22-24(19)3/h5-13H,14H2,1-4H3. The monoisotopic (exact) mass is 349 g/mol. The molecule has 26 heavy (non-hydrogen) atoms. The molecular formula is C21H23N3O2. The maximum Gasteiger partial charge on any atom is 0.135 e. The number of hydrogen-bond acceptors (Lipinski definition) is 4. The second kappa shape index (κ2) is 7.87. The van der Waals surface area contributed by atoms with E-state index < -0.39 is 0 Å². The summed E-state index contributed by atoms with van der Waals surface area (Å²) in [6.07, 6.45) is 1.75. The summed E-state index contributed by atoms with van der Waals surface area (Å²) in [5, 5.41) is 8.48. The fourth-order valence-electron chi connectivity index (χ4n) is 2.83. The molecule has 0 aliphatic heterocycles. The van der Waals surface area contributed by atoms with Crippen molar-refractivity contribution in [2.45, 2.75) is 20.5 Å². The zero-order valence-electron chi connectivity index (χ0n) is 15.6. The maximum absolute atomic E-state index is 6.10. The third-order valence-corrected chi connectivity index (χ3v) is 4.25. The van der Waals surface area contributed by atoms with Crippen molar-refractivity contribution in [3.63, 3.8) is 0 Å². The number of nitrogens with zero attached hydrogens (tertiary/aromatic N) is 3. The molecule has 0 bridgehead atoms. The van der Waals surface area contributed by atoms with E-state index >= 15 is 0 Å². The number of oxime groups is 1. The van der Waals surface area contributed by atoms with Crippen LogP contribution < -0.4 is 4.74 Å². The van der Waals surface area contributed by atoms with Crippen molar-refractivity contribution in [3.05, 3.63) is 82.7 Å². The predicted octanol–water partition coefficient (Wildman–Crippen LogP) is 4.01. The quantitative estimate of drug-likeness (QED) is 0.499. The summed E-state index contributed by atoms with van der Waals surface area (Å²) < 4.78 is 7.88. The molecule has 0 radical (unpaired) electrons. The van der Waals surface area contributed by atoms with Gasteiger partial charge in [-0.3, -0.25) is 4.68 Å². The van der Waals surface area contributed by atoms with Crippen LogP contribution in [0.4, 0.5) is 0 Å². The molecule has 5 heteroatoms. The van der Waals surface area contributed by atoms with E-state index in [0.717, 1.165) is 33.8 Å². The molecule has 0 N–H and O–H groups in total. The van der Waals surface area contributed by atoms with Crippen molar-refractivity contribution in [1.82, 2.24) is 9.78 Å². The summed E-state index contributed by atoms with van der Waals surface area (Å²) >= 11 is 0. The van der Waals surface area contributed by atoms with Crippen LogP contribution in [0.25, 0.3) is 0 Å². The lowest BCUT2D eigenvalue weighted by molar-refractivity contribution is 0.213. The Labute approximate surface area is 153 Å². The van der Waals surface area contributed by atoms with E-state index in [1.54, 1.807) is 18.0 Å². The van der Waals surface area contributed by atoms with Gasteiger partial charge in [0.25, 0.3) is 0 Å². The Morgan fingerprint density at radius 2 is 1.92 bits per heavy atom. The number of rotatable bonds is 6. The molecule has 0 fully saturated rings. The van der Waals surface area contributed by atoms with Crippen molar-refractivity contribution in [2.24, 2.45) is 12.2 Å². The van der Waals surface area contributed by atoms with Gasteiger partial charge < -0.3 is 9.57 Å². The first-order valence-corrected chi connectivity index (χ1v) is 8.48. The van der Waals surface area contributed by atoms with Crippen LogP contribution in [0.1, 0.15) is 27.9 Å². The highest BCUT2D eigenvalue weighted by Crippen LogP contribution is 2.22. The molecule has 0 unspecified atom stereocenters. The van der Waals surface area contributed by atoms with Crippen molar-refractivity contribution < 1.29 is 9.57 Å². The van der Waals surface area contributed by atoms with E-state index in [1.807, 2.05) is 44.3 Å². The first-order valence-electron chi connectivity index (χ1n) is 8.48. The van der Waals surface area contributed by atoms with E-state index in [9.17, 15) is 0 Å². The molecule has 3 rings (SSSR count). The number of aryl methyl sites for hydroxylation is 3. The lowest BCUT2D eigenvalue weighted by Gasteiger charge is -2.14. The van der Waals surface area contributed by atoms with Crippen LogP contribution in [0.3, 0.4) is 0 Å². The highest BCUT2D eigenvalue weighted by molar-refractivity contribution is 6.12. The minimum absolute atomic E-state index is 0.445. The molecule has 1 aromatic heterocycles. The molecule has 0 amide bonds. The molecule has 134 valence electrons. The molecule has 3 aromatic rings. The van der Waals surface area contributed by atoms with Gasteiger partial charge >= 0.3 is 0 Å². The highest BCUT2D eigenvalue weighted by Gasteiger charge is 2.16. The fourth-order valence-corrected chi connectivity index (χ4v) is 2.83.